The fourth-order valence-electron chi connectivity index (χ4n) is 2.90. The summed E-state index contributed by atoms with van der Waals surface area (Å²) in [5, 5.41) is 1.94. The second kappa shape index (κ2) is 10.0. The lowest BCUT2D eigenvalue weighted by Gasteiger charge is -2.18. The molecule has 1 aromatic carbocycles. The van der Waals surface area contributed by atoms with Crippen molar-refractivity contribution >= 4 is 27.3 Å². The minimum atomic E-state index is -3.48. The van der Waals surface area contributed by atoms with E-state index in [2.05, 4.69) is 4.98 Å². The molecule has 2 heterocycles. The number of benzene rings is 1. The third-order valence-electron chi connectivity index (χ3n) is 4.55. The highest BCUT2D eigenvalue weighted by atomic mass is 32.2. The van der Waals surface area contributed by atoms with E-state index in [1.54, 1.807) is 24.3 Å². The highest BCUT2D eigenvalue weighted by molar-refractivity contribution is 7.89. The summed E-state index contributed by atoms with van der Waals surface area (Å²) in [6.45, 7) is 4.51. The zero-order chi connectivity index (χ0) is 21.6. The summed E-state index contributed by atoms with van der Waals surface area (Å²) < 4.78 is 37.1. The molecule has 0 aliphatic heterocycles. The van der Waals surface area contributed by atoms with Crippen molar-refractivity contribution in [1.29, 1.82) is 0 Å². The number of aromatic nitrogens is 1. The summed E-state index contributed by atoms with van der Waals surface area (Å²) in [5.41, 5.74) is 1.42. The van der Waals surface area contributed by atoms with Crippen LogP contribution in [0.3, 0.4) is 0 Å². The van der Waals surface area contributed by atoms with Crippen molar-refractivity contribution in [3.63, 3.8) is 0 Å². The molecule has 7 nitrogen and oxygen atoms in total. The van der Waals surface area contributed by atoms with Gasteiger partial charge in [-0.3, -0.25) is 4.79 Å². The molecule has 0 N–H and O–H groups in total. The zero-order valence-corrected chi connectivity index (χ0v) is 18.5. The van der Waals surface area contributed by atoms with E-state index in [1.807, 2.05) is 31.4 Å². The SMILES string of the molecule is CCN(CC)S(=O)(=O)c1ccc(CCC(=O)OCc2coc(-c3cccs3)n2)cc1. The average Bonchev–Trinajstić information content (AvgIpc) is 3.43. The van der Waals surface area contributed by atoms with Gasteiger partial charge in [0.25, 0.3) is 0 Å². The van der Waals surface area contributed by atoms with E-state index in [-0.39, 0.29) is 23.9 Å². The quantitative estimate of drug-likeness (QED) is 0.434. The van der Waals surface area contributed by atoms with E-state index in [1.165, 1.54) is 21.9 Å². The molecule has 0 unspecified atom stereocenters. The Kier molecular flexibility index (Phi) is 7.41. The number of hydrogen-bond acceptors (Lipinski definition) is 7. The first-order valence-corrected chi connectivity index (χ1v) is 12.0. The molecule has 3 rings (SSSR count). The number of ether oxygens (including phenoxy) is 1. The van der Waals surface area contributed by atoms with Gasteiger partial charge in [0.1, 0.15) is 18.6 Å². The van der Waals surface area contributed by atoms with Gasteiger partial charge in [0, 0.05) is 19.5 Å². The Labute approximate surface area is 180 Å². The van der Waals surface area contributed by atoms with Crippen molar-refractivity contribution in [1.82, 2.24) is 9.29 Å². The van der Waals surface area contributed by atoms with Crippen molar-refractivity contribution in [3.05, 3.63) is 59.3 Å². The molecule has 0 radical (unpaired) electrons. The number of thiophene rings is 1. The smallest absolute Gasteiger partial charge is 0.306 e. The van der Waals surface area contributed by atoms with Gasteiger partial charge >= 0.3 is 5.97 Å². The number of hydrogen-bond donors (Lipinski definition) is 0. The Hall–Kier alpha value is -2.49. The molecule has 2 aromatic heterocycles. The molecule has 0 bridgehead atoms. The van der Waals surface area contributed by atoms with Gasteiger partial charge in [-0.05, 0) is 35.6 Å². The van der Waals surface area contributed by atoms with Gasteiger partial charge in [0.2, 0.25) is 15.9 Å². The Morgan fingerprint density at radius 1 is 1.17 bits per heavy atom. The zero-order valence-electron chi connectivity index (χ0n) is 16.9. The van der Waals surface area contributed by atoms with Crippen LogP contribution in [0.5, 0.6) is 0 Å². The minimum absolute atomic E-state index is 0.0504. The van der Waals surface area contributed by atoms with Gasteiger partial charge in [-0.1, -0.05) is 32.0 Å². The van der Waals surface area contributed by atoms with Crippen LogP contribution in [0.1, 0.15) is 31.5 Å². The van der Waals surface area contributed by atoms with Gasteiger partial charge < -0.3 is 9.15 Å². The maximum absolute atomic E-state index is 12.5. The van der Waals surface area contributed by atoms with Gasteiger partial charge in [0.05, 0.1) is 9.77 Å². The lowest BCUT2D eigenvalue weighted by atomic mass is 10.1. The normalized spacial score (nSPS) is 11.7. The van der Waals surface area contributed by atoms with E-state index in [4.69, 9.17) is 9.15 Å². The fourth-order valence-corrected chi connectivity index (χ4v) is 5.01. The molecule has 0 fully saturated rings. The molecule has 0 aliphatic carbocycles. The predicted octanol–water partition coefficient (Wildman–Crippen LogP) is 4.11. The van der Waals surface area contributed by atoms with Crippen molar-refractivity contribution in [2.45, 2.75) is 38.2 Å². The lowest BCUT2D eigenvalue weighted by molar-refractivity contribution is -0.145. The summed E-state index contributed by atoms with van der Waals surface area (Å²) in [6.07, 6.45) is 2.14. The van der Waals surface area contributed by atoms with Crippen LogP contribution in [0.2, 0.25) is 0 Å². The number of esters is 1. The van der Waals surface area contributed by atoms with Crippen LogP contribution in [0, 0.1) is 0 Å². The molecular weight excluding hydrogens is 424 g/mol. The molecule has 0 amide bonds. The van der Waals surface area contributed by atoms with Crippen LogP contribution in [0.25, 0.3) is 10.8 Å². The number of rotatable bonds is 10. The number of oxazole rings is 1. The van der Waals surface area contributed by atoms with Crippen LogP contribution in [-0.4, -0.2) is 36.8 Å². The van der Waals surface area contributed by atoms with Crippen LogP contribution in [-0.2, 0) is 32.6 Å². The Bertz CT molecular complexity index is 1050. The summed E-state index contributed by atoms with van der Waals surface area (Å²) >= 11 is 1.52. The first-order valence-electron chi connectivity index (χ1n) is 9.67. The third-order valence-corrected chi connectivity index (χ3v) is 7.47. The summed E-state index contributed by atoms with van der Waals surface area (Å²) in [6, 6.07) is 10.4. The fraction of sp³-hybridized carbons (Fsp3) is 0.333. The van der Waals surface area contributed by atoms with Crippen LogP contribution >= 0.6 is 11.3 Å². The molecule has 9 heteroatoms. The monoisotopic (exact) mass is 448 g/mol. The molecule has 160 valence electrons. The second-order valence-corrected chi connectivity index (χ2v) is 9.40. The standard InChI is InChI=1S/C21H24N2O5S2/c1-3-23(4-2)30(25,26)18-10-7-16(8-11-18)9-12-20(24)27-14-17-15-28-21(22-17)19-6-5-13-29-19/h5-8,10-11,13,15H,3-4,9,12,14H2,1-2H3. The largest absolute Gasteiger partial charge is 0.459 e. The predicted molar refractivity (Wildman–Crippen MR) is 114 cm³/mol. The van der Waals surface area contributed by atoms with Gasteiger partial charge in [-0.25, -0.2) is 13.4 Å². The molecule has 0 aliphatic rings. The number of sulfonamides is 1. The van der Waals surface area contributed by atoms with Crippen LogP contribution in [0.15, 0.2) is 57.4 Å². The number of carbonyl (C=O) groups excluding carboxylic acids is 1. The summed E-state index contributed by atoms with van der Waals surface area (Å²) in [7, 11) is -3.48. The third kappa shape index (κ3) is 5.35. The topological polar surface area (TPSA) is 89.7 Å². The first-order chi connectivity index (χ1) is 14.4. The van der Waals surface area contributed by atoms with E-state index in [9.17, 15) is 13.2 Å². The number of nitrogens with zero attached hydrogens (tertiary/aromatic N) is 2. The molecule has 3 aromatic rings. The lowest BCUT2D eigenvalue weighted by Crippen LogP contribution is -2.30. The summed E-state index contributed by atoms with van der Waals surface area (Å²) in [5.74, 6) is 0.159. The van der Waals surface area contributed by atoms with Crippen molar-refractivity contribution in [3.8, 4) is 10.8 Å². The van der Waals surface area contributed by atoms with E-state index in [0.717, 1.165) is 10.4 Å². The molecule has 0 saturated heterocycles. The van der Waals surface area contributed by atoms with Gasteiger partial charge in [-0.2, -0.15) is 4.31 Å². The Balaban J connectivity index is 1.49. The van der Waals surface area contributed by atoms with Gasteiger partial charge in [0.15, 0.2) is 0 Å². The van der Waals surface area contributed by atoms with Crippen LogP contribution in [0.4, 0.5) is 0 Å². The molecule has 0 spiro atoms. The molecular formula is C21H24N2O5S2. The van der Waals surface area contributed by atoms with E-state index in [0.29, 0.717) is 31.1 Å². The van der Waals surface area contributed by atoms with Crippen molar-refractivity contribution in [2.75, 3.05) is 13.1 Å². The first kappa shape index (κ1) is 22.2. The highest BCUT2D eigenvalue weighted by Crippen LogP contribution is 2.24. The van der Waals surface area contributed by atoms with E-state index < -0.39 is 10.0 Å². The Morgan fingerprint density at radius 3 is 2.53 bits per heavy atom. The summed E-state index contributed by atoms with van der Waals surface area (Å²) in [4.78, 5) is 17.5. The van der Waals surface area contributed by atoms with Crippen molar-refractivity contribution < 1.29 is 22.4 Å². The average molecular weight is 449 g/mol. The maximum Gasteiger partial charge on any atom is 0.306 e. The molecule has 0 atom stereocenters. The van der Waals surface area contributed by atoms with Crippen molar-refractivity contribution in [2.24, 2.45) is 0 Å². The van der Waals surface area contributed by atoms with Gasteiger partial charge in [-0.15, -0.1) is 11.3 Å². The number of carbonyl (C=O) groups is 1. The second-order valence-electron chi connectivity index (χ2n) is 6.52. The number of aryl methyl sites for hydroxylation is 1. The Morgan fingerprint density at radius 2 is 1.90 bits per heavy atom. The minimum Gasteiger partial charge on any atom is -0.459 e. The highest BCUT2D eigenvalue weighted by Gasteiger charge is 2.21. The van der Waals surface area contributed by atoms with E-state index >= 15 is 0 Å². The maximum atomic E-state index is 12.5. The molecule has 0 saturated carbocycles. The molecule has 30 heavy (non-hydrogen) atoms. The van der Waals surface area contributed by atoms with Crippen LogP contribution < -0.4 is 0 Å².